The number of rotatable bonds is 7. The number of nitrogens with zero attached hydrogens (tertiary/aromatic N) is 3. The summed E-state index contributed by atoms with van der Waals surface area (Å²) in [6.07, 6.45) is 7.27. The van der Waals surface area contributed by atoms with Crippen LogP contribution in [-0.2, 0) is 4.79 Å². The van der Waals surface area contributed by atoms with Gasteiger partial charge in [0.05, 0.1) is 23.8 Å². The van der Waals surface area contributed by atoms with Gasteiger partial charge in [0, 0.05) is 37.8 Å². The summed E-state index contributed by atoms with van der Waals surface area (Å²) in [5.41, 5.74) is 2.55. The summed E-state index contributed by atoms with van der Waals surface area (Å²) in [4.78, 5) is 19.7. The molecule has 2 aromatic carbocycles. The number of piperidine rings is 1. The minimum Gasteiger partial charge on any atom is -0.349 e. The van der Waals surface area contributed by atoms with Crippen molar-refractivity contribution in [3.63, 3.8) is 0 Å². The Labute approximate surface area is 199 Å². The van der Waals surface area contributed by atoms with Gasteiger partial charge in [0.15, 0.2) is 5.82 Å². The van der Waals surface area contributed by atoms with Crippen LogP contribution in [0.4, 0.5) is 4.39 Å². The number of hydrogen-bond acceptors (Lipinski definition) is 4. The molecular weight excluding hydrogens is 429 g/mol. The number of imidazole rings is 1. The van der Waals surface area contributed by atoms with Crippen LogP contribution in [0, 0.1) is 11.7 Å². The number of carbonyl (C=O) groups excluding carboxylic acids is 1. The minimum atomic E-state index is -0.247. The van der Waals surface area contributed by atoms with E-state index in [2.05, 4.69) is 37.2 Å². The van der Waals surface area contributed by atoms with Gasteiger partial charge in [-0.3, -0.25) is 9.69 Å². The quantitative estimate of drug-likeness (QED) is 0.562. The zero-order valence-electron chi connectivity index (χ0n) is 19.4. The van der Waals surface area contributed by atoms with Crippen LogP contribution >= 0.6 is 0 Å². The van der Waals surface area contributed by atoms with Crippen LogP contribution in [0.15, 0.2) is 54.9 Å². The SMILES string of the molecule is O=C(N[C@@H](CCN1[C@@H]2CC[C@H]1C[C@H](n1cnc3c(F)cccc31)C2)c1ccccc1)C1CNC1. The first kappa shape index (κ1) is 21.7. The number of halogens is 1. The highest BCUT2D eigenvalue weighted by Crippen LogP contribution is 2.42. The molecule has 6 rings (SSSR count). The van der Waals surface area contributed by atoms with Crippen molar-refractivity contribution in [3.05, 3.63) is 66.2 Å². The number of para-hydroxylation sites is 1. The predicted molar refractivity (Wildman–Crippen MR) is 130 cm³/mol. The summed E-state index contributed by atoms with van der Waals surface area (Å²) in [5, 5.41) is 6.52. The molecule has 3 saturated heterocycles. The van der Waals surface area contributed by atoms with E-state index in [0.29, 0.717) is 23.6 Å². The highest BCUT2D eigenvalue weighted by atomic mass is 19.1. The normalized spacial score (nSPS) is 25.9. The first-order valence-corrected chi connectivity index (χ1v) is 12.6. The van der Waals surface area contributed by atoms with E-state index in [4.69, 9.17) is 0 Å². The molecule has 1 amide bonds. The number of aromatic nitrogens is 2. The lowest BCUT2D eigenvalue weighted by Gasteiger charge is -2.40. The molecular formula is C27H32FN5O. The van der Waals surface area contributed by atoms with Gasteiger partial charge >= 0.3 is 0 Å². The molecule has 1 aromatic heterocycles. The van der Waals surface area contributed by atoms with Crippen molar-refractivity contribution in [3.8, 4) is 0 Å². The van der Waals surface area contributed by atoms with E-state index >= 15 is 0 Å². The maximum Gasteiger partial charge on any atom is 0.226 e. The molecule has 3 fully saturated rings. The van der Waals surface area contributed by atoms with Crippen LogP contribution in [0.1, 0.15) is 49.8 Å². The number of nitrogens with one attached hydrogen (secondary N) is 2. The second-order valence-electron chi connectivity index (χ2n) is 10.1. The molecule has 0 unspecified atom stereocenters. The third-order valence-electron chi connectivity index (χ3n) is 8.15. The van der Waals surface area contributed by atoms with E-state index in [0.717, 1.165) is 44.4 Å². The fourth-order valence-corrected chi connectivity index (χ4v) is 6.20. The van der Waals surface area contributed by atoms with E-state index in [1.807, 2.05) is 30.6 Å². The number of fused-ring (bicyclic) bond motifs is 3. The number of hydrogen-bond donors (Lipinski definition) is 2. The van der Waals surface area contributed by atoms with Gasteiger partial charge in [-0.05, 0) is 49.8 Å². The van der Waals surface area contributed by atoms with Crippen LogP contribution < -0.4 is 10.6 Å². The van der Waals surface area contributed by atoms with Gasteiger partial charge in [-0.25, -0.2) is 9.37 Å². The van der Waals surface area contributed by atoms with Crippen LogP contribution in [0.2, 0.25) is 0 Å². The van der Waals surface area contributed by atoms with Gasteiger partial charge in [-0.15, -0.1) is 0 Å². The smallest absolute Gasteiger partial charge is 0.226 e. The third kappa shape index (κ3) is 4.01. The fourth-order valence-electron chi connectivity index (χ4n) is 6.20. The zero-order valence-corrected chi connectivity index (χ0v) is 19.4. The number of amides is 1. The zero-order chi connectivity index (χ0) is 23.1. The molecule has 0 saturated carbocycles. The third-order valence-corrected chi connectivity index (χ3v) is 8.15. The van der Waals surface area contributed by atoms with Crippen LogP contribution in [0.25, 0.3) is 11.0 Å². The highest BCUT2D eigenvalue weighted by molar-refractivity contribution is 5.80. The van der Waals surface area contributed by atoms with Gasteiger partial charge in [-0.2, -0.15) is 0 Å². The second-order valence-corrected chi connectivity index (χ2v) is 10.1. The van der Waals surface area contributed by atoms with Crippen molar-refractivity contribution in [1.82, 2.24) is 25.1 Å². The molecule has 3 aromatic rings. The van der Waals surface area contributed by atoms with Crippen molar-refractivity contribution >= 4 is 16.9 Å². The van der Waals surface area contributed by atoms with E-state index < -0.39 is 0 Å². The largest absolute Gasteiger partial charge is 0.349 e. The van der Waals surface area contributed by atoms with Gasteiger partial charge in [0.1, 0.15) is 5.52 Å². The van der Waals surface area contributed by atoms with Crippen LogP contribution in [0.3, 0.4) is 0 Å². The Kier molecular flexibility index (Phi) is 5.83. The maximum atomic E-state index is 14.2. The molecule has 0 radical (unpaired) electrons. The Bertz CT molecular complexity index is 1150. The summed E-state index contributed by atoms with van der Waals surface area (Å²) in [7, 11) is 0. The molecule has 178 valence electrons. The van der Waals surface area contributed by atoms with E-state index in [9.17, 15) is 9.18 Å². The first-order chi connectivity index (χ1) is 16.7. The van der Waals surface area contributed by atoms with Crippen LogP contribution in [0.5, 0.6) is 0 Å². The Balaban J connectivity index is 1.14. The molecule has 34 heavy (non-hydrogen) atoms. The van der Waals surface area contributed by atoms with Crippen molar-refractivity contribution < 1.29 is 9.18 Å². The molecule has 0 spiro atoms. The molecule has 2 bridgehead atoms. The standard InChI is InChI=1S/C27H32FN5O/c28-23-7-4-8-25-26(23)30-17-33(25)22-13-20-9-10-21(14-22)32(20)12-11-24(18-5-2-1-3-6-18)31-27(34)19-15-29-16-19/h1-8,17,19-22,24,29H,9-16H2,(H,31,34)/t20-,21+,22-,24-/m0/s1. The Hall–Kier alpha value is -2.77. The lowest BCUT2D eigenvalue weighted by molar-refractivity contribution is -0.127. The van der Waals surface area contributed by atoms with E-state index in [1.165, 1.54) is 24.5 Å². The Morgan fingerprint density at radius 3 is 2.53 bits per heavy atom. The van der Waals surface area contributed by atoms with Crippen molar-refractivity contribution in [1.29, 1.82) is 0 Å². The van der Waals surface area contributed by atoms with Crippen molar-refractivity contribution in [2.45, 2.75) is 56.3 Å². The van der Waals surface area contributed by atoms with Gasteiger partial charge in [0.25, 0.3) is 0 Å². The number of benzene rings is 2. The average Bonchev–Trinajstić information content (AvgIpc) is 3.34. The van der Waals surface area contributed by atoms with Gasteiger partial charge < -0.3 is 15.2 Å². The molecule has 4 atom stereocenters. The Morgan fingerprint density at radius 1 is 1.06 bits per heavy atom. The topological polar surface area (TPSA) is 62.2 Å². The van der Waals surface area contributed by atoms with Gasteiger partial charge in [-0.1, -0.05) is 36.4 Å². The lowest BCUT2D eigenvalue weighted by atomic mass is 9.95. The van der Waals surface area contributed by atoms with Crippen LogP contribution in [-0.4, -0.2) is 52.1 Å². The summed E-state index contributed by atoms with van der Waals surface area (Å²) in [5.74, 6) is 0.00446. The molecule has 3 aliphatic rings. The molecule has 0 aliphatic carbocycles. The molecule has 7 heteroatoms. The fraction of sp³-hybridized carbons (Fsp3) is 0.481. The molecule has 4 heterocycles. The second kappa shape index (κ2) is 9.12. The highest BCUT2D eigenvalue weighted by Gasteiger charge is 2.41. The molecule has 6 nitrogen and oxygen atoms in total. The summed E-state index contributed by atoms with van der Waals surface area (Å²) in [6.45, 7) is 2.53. The van der Waals surface area contributed by atoms with E-state index in [-0.39, 0.29) is 23.7 Å². The minimum absolute atomic E-state index is 0.0343. The lowest BCUT2D eigenvalue weighted by Crippen LogP contribution is -2.51. The summed E-state index contributed by atoms with van der Waals surface area (Å²) >= 11 is 0. The first-order valence-electron chi connectivity index (χ1n) is 12.6. The van der Waals surface area contributed by atoms with Gasteiger partial charge in [0.2, 0.25) is 5.91 Å². The van der Waals surface area contributed by atoms with Crippen molar-refractivity contribution in [2.75, 3.05) is 19.6 Å². The summed E-state index contributed by atoms with van der Waals surface area (Å²) in [6, 6.07) is 17.0. The monoisotopic (exact) mass is 461 g/mol. The molecule has 2 N–H and O–H groups in total. The molecule has 3 aliphatic heterocycles. The van der Waals surface area contributed by atoms with Crippen molar-refractivity contribution in [2.24, 2.45) is 5.92 Å². The predicted octanol–water partition coefficient (Wildman–Crippen LogP) is 3.81. The summed E-state index contributed by atoms with van der Waals surface area (Å²) < 4.78 is 16.4. The Morgan fingerprint density at radius 2 is 1.82 bits per heavy atom. The number of carbonyl (C=O) groups is 1. The van der Waals surface area contributed by atoms with E-state index in [1.54, 1.807) is 6.07 Å². The maximum absolute atomic E-state index is 14.2. The average molecular weight is 462 g/mol.